The first kappa shape index (κ1) is 13.6. The zero-order valence-electron chi connectivity index (χ0n) is 12.1. The average Bonchev–Trinajstić information content (AvgIpc) is 2.74. The first-order valence-corrected chi connectivity index (χ1v) is 7.28. The summed E-state index contributed by atoms with van der Waals surface area (Å²) in [6.07, 6.45) is 2.10. The van der Waals surface area contributed by atoms with Crippen LogP contribution in [0.25, 0.3) is 0 Å². The summed E-state index contributed by atoms with van der Waals surface area (Å²) in [4.78, 5) is 24.5. The summed E-state index contributed by atoms with van der Waals surface area (Å²) < 4.78 is 0. The Morgan fingerprint density at radius 2 is 2.10 bits per heavy atom. The van der Waals surface area contributed by atoms with Crippen LogP contribution in [-0.2, 0) is 9.59 Å². The van der Waals surface area contributed by atoms with Crippen LogP contribution in [0.2, 0.25) is 0 Å². The van der Waals surface area contributed by atoms with E-state index in [-0.39, 0.29) is 29.0 Å². The van der Waals surface area contributed by atoms with Gasteiger partial charge in [0.1, 0.15) is 5.78 Å². The van der Waals surface area contributed by atoms with Crippen molar-refractivity contribution in [3.05, 3.63) is 0 Å². The largest absolute Gasteiger partial charge is 0.481 e. The summed E-state index contributed by atoms with van der Waals surface area (Å²) in [6.45, 7) is 5.71. The fourth-order valence-corrected chi connectivity index (χ4v) is 5.55. The molecule has 3 aliphatic rings. The standard InChI is InChI=1S/C15H21NO4/c1-7-9(16-20)6-10-14(3)4-5-15(10,8(2)13(18)19)12(17)11(7)14/h7-8,10-11,20H,4-6H2,1-3H3,(H,18,19)/b16-9+/t7-,8+,10+,11-,14-,15+/m1/s1. The second kappa shape index (κ2) is 3.83. The van der Waals surface area contributed by atoms with Gasteiger partial charge in [0.15, 0.2) is 0 Å². The number of ketones is 1. The van der Waals surface area contributed by atoms with Crippen molar-refractivity contribution < 1.29 is 19.9 Å². The van der Waals surface area contributed by atoms with Gasteiger partial charge in [0.25, 0.3) is 0 Å². The van der Waals surface area contributed by atoms with Crippen molar-refractivity contribution in [3.63, 3.8) is 0 Å². The van der Waals surface area contributed by atoms with Gasteiger partial charge in [0, 0.05) is 17.3 Å². The molecule has 0 aromatic carbocycles. The topological polar surface area (TPSA) is 87.0 Å². The van der Waals surface area contributed by atoms with Gasteiger partial charge in [-0.15, -0.1) is 0 Å². The molecule has 0 radical (unpaired) electrons. The van der Waals surface area contributed by atoms with Gasteiger partial charge >= 0.3 is 5.97 Å². The van der Waals surface area contributed by atoms with Crippen molar-refractivity contribution in [3.8, 4) is 0 Å². The zero-order chi connectivity index (χ0) is 14.9. The maximum absolute atomic E-state index is 13.0. The summed E-state index contributed by atoms with van der Waals surface area (Å²) in [7, 11) is 0. The van der Waals surface area contributed by atoms with E-state index in [1.54, 1.807) is 6.92 Å². The quantitative estimate of drug-likeness (QED) is 0.599. The van der Waals surface area contributed by atoms with Crippen LogP contribution in [-0.4, -0.2) is 27.8 Å². The van der Waals surface area contributed by atoms with Crippen LogP contribution in [0.1, 0.15) is 40.0 Å². The molecule has 0 heterocycles. The number of hydrogen-bond acceptors (Lipinski definition) is 4. The van der Waals surface area contributed by atoms with E-state index in [1.807, 2.05) is 6.92 Å². The Morgan fingerprint density at radius 1 is 1.45 bits per heavy atom. The summed E-state index contributed by atoms with van der Waals surface area (Å²) >= 11 is 0. The number of carbonyl (C=O) groups is 2. The van der Waals surface area contributed by atoms with E-state index < -0.39 is 17.3 Å². The summed E-state index contributed by atoms with van der Waals surface area (Å²) in [5.41, 5.74) is -0.229. The Morgan fingerprint density at radius 3 is 2.65 bits per heavy atom. The minimum atomic E-state index is -0.898. The molecule has 0 aromatic rings. The number of hydrogen-bond donors (Lipinski definition) is 2. The van der Waals surface area contributed by atoms with Crippen molar-refractivity contribution in [2.75, 3.05) is 0 Å². The monoisotopic (exact) mass is 279 g/mol. The molecule has 0 aromatic heterocycles. The molecular formula is C15H21NO4. The van der Waals surface area contributed by atoms with Gasteiger partial charge in [-0.05, 0) is 30.6 Å². The molecule has 3 aliphatic carbocycles. The first-order chi connectivity index (χ1) is 9.30. The molecule has 3 fully saturated rings. The average molecular weight is 279 g/mol. The van der Waals surface area contributed by atoms with Gasteiger partial charge in [0.05, 0.1) is 11.6 Å². The van der Waals surface area contributed by atoms with Gasteiger partial charge in [-0.1, -0.05) is 25.9 Å². The molecule has 2 N–H and O–H groups in total. The third kappa shape index (κ3) is 1.22. The van der Waals surface area contributed by atoms with Crippen LogP contribution in [0.4, 0.5) is 0 Å². The van der Waals surface area contributed by atoms with Crippen LogP contribution in [0.5, 0.6) is 0 Å². The Hall–Kier alpha value is -1.39. The van der Waals surface area contributed by atoms with Crippen molar-refractivity contribution in [2.45, 2.75) is 40.0 Å². The fourth-order valence-electron chi connectivity index (χ4n) is 5.55. The number of carboxylic acids is 1. The highest BCUT2D eigenvalue weighted by Crippen LogP contribution is 2.73. The lowest BCUT2D eigenvalue weighted by Crippen LogP contribution is -2.43. The van der Waals surface area contributed by atoms with Crippen molar-refractivity contribution >= 4 is 17.5 Å². The number of nitrogens with zero attached hydrogens (tertiary/aromatic N) is 1. The molecule has 3 rings (SSSR count). The van der Waals surface area contributed by atoms with E-state index in [9.17, 15) is 19.9 Å². The van der Waals surface area contributed by atoms with Gasteiger partial charge in [0.2, 0.25) is 0 Å². The number of carbonyl (C=O) groups excluding carboxylic acids is 1. The van der Waals surface area contributed by atoms with E-state index in [4.69, 9.17) is 0 Å². The molecule has 20 heavy (non-hydrogen) atoms. The second-order valence-electron chi connectivity index (χ2n) is 7.08. The minimum Gasteiger partial charge on any atom is -0.481 e. The maximum atomic E-state index is 13.0. The number of oxime groups is 1. The number of aliphatic carboxylic acids is 1. The van der Waals surface area contributed by atoms with Crippen LogP contribution < -0.4 is 0 Å². The van der Waals surface area contributed by atoms with E-state index >= 15 is 0 Å². The lowest BCUT2D eigenvalue weighted by Gasteiger charge is -2.41. The normalized spacial score (nSPS) is 49.6. The lowest BCUT2D eigenvalue weighted by molar-refractivity contribution is -0.152. The molecule has 0 unspecified atom stereocenters. The van der Waals surface area contributed by atoms with Crippen LogP contribution in [0, 0.1) is 34.5 Å². The van der Waals surface area contributed by atoms with E-state index in [0.717, 1.165) is 6.42 Å². The van der Waals surface area contributed by atoms with E-state index in [1.165, 1.54) is 0 Å². The van der Waals surface area contributed by atoms with Crippen molar-refractivity contribution in [2.24, 2.45) is 39.7 Å². The second-order valence-corrected chi connectivity index (χ2v) is 7.08. The summed E-state index contributed by atoms with van der Waals surface area (Å²) in [6, 6.07) is 0. The Balaban J connectivity index is 2.16. The van der Waals surface area contributed by atoms with E-state index in [2.05, 4.69) is 12.1 Å². The third-order valence-electron chi connectivity index (χ3n) is 6.66. The van der Waals surface area contributed by atoms with Gasteiger partial charge in [-0.25, -0.2) is 0 Å². The van der Waals surface area contributed by atoms with Gasteiger partial charge < -0.3 is 10.3 Å². The predicted octanol–water partition coefficient (Wildman–Crippen LogP) is 2.18. The Bertz CT molecular complexity index is 528. The molecule has 0 aliphatic heterocycles. The highest BCUT2D eigenvalue weighted by Gasteiger charge is 2.75. The molecule has 5 heteroatoms. The molecular weight excluding hydrogens is 258 g/mol. The Labute approximate surface area is 118 Å². The minimum absolute atomic E-state index is 0.000648. The highest BCUT2D eigenvalue weighted by molar-refractivity contribution is 6.03. The molecule has 4 bridgehead atoms. The van der Waals surface area contributed by atoms with Crippen LogP contribution in [0.3, 0.4) is 0 Å². The fraction of sp³-hybridized carbons (Fsp3) is 0.800. The van der Waals surface area contributed by atoms with Gasteiger partial charge in [-0.3, -0.25) is 9.59 Å². The van der Waals surface area contributed by atoms with Crippen LogP contribution >= 0.6 is 0 Å². The number of carboxylic acid groups (broad SMARTS) is 1. The maximum Gasteiger partial charge on any atom is 0.307 e. The number of Topliss-reactive ketones (excluding diaryl/α,β-unsaturated/α-hetero) is 1. The summed E-state index contributed by atoms with van der Waals surface area (Å²) in [5.74, 6) is -1.75. The van der Waals surface area contributed by atoms with E-state index in [0.29, 0.717) is 18.6 Å². The Kier molecular flexibility index (Phi) is 2.60. The number of rotatable bonds is 2. The third-order valence-corrected chi connectivity index (χ3v) is 6.66. The van der Waals surface area contributed by atoms with Crippen LogP contribution in [0.15, 0.2) is 5.16 Å². The highest BCUT2D eigenvalue weighted by atomic mass is 16.4. The molecule has 0 saturated heterocycles. The molecule has 6 atom stereocenters. The smallest absolute Gasteiger partial charge is 0.307 e. The lowest BCUT2D eigenvalue weighted by atomic mass is 9.61. The summed E-state index contributed by atoms with van der Waals surface area (Å²) in [5, 5.41) is 22.0. The van der Waals surface area contributed by atoms with Crippen molar-refractivity contribution in [1.29, 1.82) is 0 Å². The molecule has 0 spiro atoms. The molecule has 5 nitrogen and oxygen atoms in total. The van der Waals surface area contributed by atoms with Crippen molar-refractivity contribution in [1.82, 2.24) is 0 Å². The molecule has 0 amide bonds. The molecule has 3 saturated carbocycles. The SMILES string of the molecule is C[C@@H]1/C(=N/O)C[C@H]2[C@@]3(C)CC[C@@]2([C@@H](C)C(=O)O)C(=O)[C@@H]13. The van der Waals surface area contributed by atoms with Gasteiger partial charge in [-0.2, -0.15) is 0 Å². The predicted molar refractivity (Wildman–Crippen MR) is 71.6 cm³/mol. The molecule has 110 valence electrons. The zero-order valence-corrected chi connectivity index (χ0v) is 12.1. The first-order valence-electron chi connectivity index (χ1n) is 7.28.